The number of nitrogen functional groups attached to an aromatic ring is 1. The highest BCUT2D eigenvalue weighted by Gasteiger charge is 2.17. The molecule has 86 valence electrons. The minimum Gasteiger partial charge on any atom is -0.399 e. The second-order valence-corrected chi connectivity index (χ2v) is 4.40. The lowest BCUT2D eigenvalue weighted by molar-refractivity contribution is 0.261. The van der Waals surface area contributed by atoms with Crippen molar-refractivity contribution in [1.82, 2.24) is 0 Å². The first-order chi connectivity index (χ1) is 7.48. The van der Waals surface area contributed by atoms with Crippen LogP contribution in [0.25, 0.3) is 0 Å². The van der Waals surface area contributed by atoms with E-state index in [4.69, 9.17) is 16.1 Å². The number of benzene rings is 1. The van der Waals surface area contributed by atoms with Crippen molar-refractivity contribution < 1.29 is 5.11 Å². The zero-order chi connectivity index (χ0) is 12.2. The summed E-state index contributed by atoms with van der Waals surface area (Å²) in [5.41, 5.74) is 7.19. The molecule has 1 aromatic rings. The maximum absolute atomic E-state index is 8.97. The smallest absolute Gasteiger partial charge is 0.101 e. The van der Waals surface area contributed by atoms with Gasteiger partial charge in [-0.2, -0.15) is 5.26 Å². The molecule has 0 aliphatic carbocycles. The fourth-order valence-electron chi connectivity index (χ4n) is 1.47. The van der Waals surface area contributed by atoms with Crippen molar-refractivity contribution in [2.75, 3.05) is 17.7 Å². The van der Waals surface area contributed by atoms with Crippen LogP contribution in [0.2, 0.25) is 0 Å². The van der Waals surface area contributed by atoms with Gasteiger partial charge in [0.05, 0.1) is 11.3 Å². The highest BCUT2D eigenvalue weighted by molar-refractivity contribution is 5.63. The van der Waals surface area contributed by atoms with Crippen molar-refractivity contribution in [2.45, 2.75) is 25.8 Å². The summed E-state index contributed by atoms with van der Waals surface area (Å²) in [6.45, 7) is 4.05. The molecule has 0 aliphatic rings. The fourth-order valence-corrected chi connectivity index (χ4v) is 1.47. The van der Waals surface area contributed by atoms with E-state index in [2.05, 4.69) is 11.4 Å². The van der Waals surface area contributed by atoms with Crippen LogP contribution in [0.5, 0.6) is 0 Å². The summed E-state index contributed by atoms with van der Waals surface area (Å²) in [5.74, 6) is 0. The van der Waals surface area contributed by atoms with E-state index in [1.54, 1.807) is 18.2 Å². The molecule has 4 nitrogen and oxygen atoms in total. The Kier molecular flexibility index (Phi) is 3.75. The number of hydrogen-bond acceptors (Lipinski definition) is 4. The highest BCUT2D eigenvalue weighted by atomic mass is 16.3. The number of nitrogens with one attached hydrogen (secondary N) is 1. The van der Waals surface area contributed by atoms with Gasteiger partial charge in [-0.15, -0.1) is 0 Å². The summed E-state index contributed by atoms with van der Waals surface area (Å²) in [6.07, 6.45) is 0.613. The molecule has 4 heteroatoms. The maximum atomic E-state index is 8.97. The molecular weight excluding hydrogens is 202 g/mol. The molecule has 0 spiro atoms. The predicted molar refractivity (Wildman–Crippen MR) is 65.0 cm³/mol. The molecule has 1 rings (SSSR count). The van der Waals surface area contributed by atoms with Gasteiger partial charge in [-0.25, -0.2) is 0 Å². The molecule has 0 saturated heterocycles. The van der Waals surface area contributed by atoms with Crippen LogP contribution in [-0.2, 0) is 0 Å². The van der Waals surface area contributed by atoms with Gasteiger partial charge in [0.2, 0.25) is 0 Å². The molecule has 0 saturated carbocycles. The van der Waals surface area contributed by atoms with Crippen molar-refractivity contribution in [2.24, 2.45) is 0 Å². The van der Waals surface area contributed by atoms with E-state index in [1.807, 2.05) is 13.8 Å². The third kappa shape index (κ3) is 3.14. The Bertz CT molecular complexity index is 407. The van der Waals surface area contributed by atoms with Gasteiger partial charge in [-0.1, -0.05) is 0 Å². The molecule has 1 aromatic carbocycles. The van der Waals surface area contributed by atoms with Gasteiger partial charge in [0.15, 0.2) is 0 Å². The average Bonchev–Trinajstić information content (AvgIpc) is 2.20. The number of rotatable bonds is 4. The molecule has 16 heavy (non-hydrogen) atoms. The van der Waals surface area contributed by atoms with Gasteiger partial charge >= 0.3 is 0 Å². The minimum absolute atomic E-state index is 0.108. The van der Waals surface area contributed by atoms with Crippen LogP contribution in [0.4, 0.5) is 11.4 Å². The predicted octanol–water partition coefficient (Wildman–Crippen LogP) is 1.71. The van der Waals surface area contributed by atoms with E-state index < -0.39 is 0 Å². The van der Waals surface area contributed by atoms with Crippen LogP contribution < -0.4 is 11.1 Å². The summed E-state index contributed by atoms with van der Waals surface area (Å²) in [4.78, 5) is 0. The maximum Gasteiger partial charge on any atom is 0.101 e. The van der Waals surface area contributed by atoms with Crippen LogP contribution in [0.1, 0.15) is 25.8 Å². The molecule has 0 bridgehead atoms. The summed E-state index contributed by atoms with van der Waals surface area (Å²) < 4.78 is 0. The van der Waals surface area contributed by atoms with Crippen LogP contribution in [0.3, 0.4) is 0 Å². The molecule has 0 unspecified atom stereocenters. The lowest BCUT2D eigenvalue weighted by Crippen LogP contribution is -2.32. The van der Waals surface area contributed by atoms with Crippen molar-refractivity contribution >= 4 is 11.4 Å². The Balaban J connectivity index is 2.93. The second kappa shape index (κ2) is 4.86. The van der Waals surface area contributed by atoms with Gasteiger partial charge in [0.1, 0.15) is 6.07 Å². The topological polar surface area (TPSA) is 82.1 Å². The number of hydrogen-bond donors (Lipinski definition) is 3. The Morgan fingerprint density at radius 3 is 2.75 bits per heavy atom. The van der Waals surface area contributed by atoms with Crippen LogP contribution >= 0.6 is 0 Å². The number of aliphatic hydroxyl groups is 1. The Morgan fingerprint density at radius 1 is 1.50 bits per heavy atom. The van der Waals surface area contributed by atoms with E-state index in [0.717, 1.165) is 5.69 Å². The summed E-state index contributed by atoms with van der Waals surface area (Å²) in [6, 6.07) is 7.27. The first-order valence-electron chi connectivity index (χ1n) is 5.17. The lowest BCUT2D eigenvalue weighted by Gasteiger charge is -2.27. The number of anilines is 2. The third-order valence-electron chi connectivity index (χ3n) is 2.37. The number of aliphatic hydroxyl groups excluding tert-OH is 1. The monoisotopic (exact) mass is 219 g/mol. The van der Waals surface area contributed by atoms with E-state index in [-0.39, 0.29) is 12.1 Å². The van der Waals surface area contributed by atoms with Crippen molar-refractivity contribution in [3.63, 3.8) is 0 Å². The first kappa shape index (κ1) is 12.3. The Labute approximate surface area is 95.7 Å². The molecular formula is C12H17N3O. The van der Waals surface area contributed by atoms with E-state index in [0.29, 0.717) is 17.7 Å². The number of nitriles is 1. The minimum atomic E-state index is -0.254. The summed E-state index contributed by atoms with van der Waals surface area (Å²) in [7, 11) is 0. The molecule has 0 atom stereocenters. The van der Waals surface area contributed by atoms with Gasteiger partial charge in [0, 0.05) is 17.8 Å². The van der Waals surface area contributed by atoms with Gasteiger partial charge < -0.3 is 16.2 Å². The molecule has 4 N–H and O–H groups in total. The summed E-state index contributed by atoms with van der Waals surface area (Å²) >= 11 is 0. The van der Waals surface area contributed by atoms with Crippen molar-refractivity contribution in [1.29, 1.82) is 5.26 Å². The average molecular weight is 219 g/mol. The molecule has 0 aromatic heterocycles. The quantitative estimate of drug-likeness (QED) is 0.673. The van der Waals surface area contributed by atoms with Crippen molar-refractivity contribution in [3.05, 3.63) is 23.8 Å². The first-order valence-corrected chi connectivity index (χ1v) is 5.17. The van der Waals surface area contributed by atoms with Crippen LogP contribution in [0.15, 0.2) is 18.2 Å². The number of nitrogens with two attached hydrogens (primary N) is 1. The molecule has 0 heterocycles. The number of nitrogens with zero attached hydrogens (tertiary/aromatic N) is 1. The molecule has 0 radical (unpaired) electrons. The van der Waals surface area contributed by atoms with Crippen LogP contribution in [0, 0.1) is 11.3 Å². The van der Waals surface area contributed by atoms with Gasteiger partial charge in [-0.05, 0) is 38.5 Å². The summed E-state index contributed by atoms with van der Waals surface area (Å²) in [5, 5.41) is 21.1. The standard InChI is InChI=1S/C12H17N3O/c1-12(2,5-6-16)15-11-4-3-10(14)7-9(11)8-13/h3-4,7,15-16H,5-6,14H2,1-2H3. The third-order valence-corrected chi connectivity index (χ3v) is 2.37. The van der Waals surface area contributed by atoms with Crippen LogP contribution in [-0.4, -0.2) is 17.3 Å². The Hall–Kier alpha value is -1.73. The molecule has 0 fully saturated rings. The normalized spacial score (nSPS) is 10.9. The fraction of sp³-hybridized carbons (Fsp3) is 0.417. The van der Waals surface area contributed by atoms with E-state index in [9.17, 15) is 0 Å². The van der Waals surface area contributed by atoms with E-state index in [1.165, 1.54) is 0 Å². The molecule has 0 amide bonds. The van der Waals surface area contributed by atoms with Crippen molar-refractivity contribution in [3.8, 4) is 6.07 Å². The molecule has 0 aliphatic heterocycles. The largest absolute Gasteiger partial charge is 0.399 e. The highest BCUT2D eigenvalue weighted by Crippen LogP contribution is 2.23. The lowest BCUT2D eigenvalue weighted by atomic mass is 10.00. The zero-order valence-corrected chi connectivity index (χ0v) is 9.62. The Morgan fingerprint density at radius 2 is 2.19 bits per heavy atom. The van der Waals surface area contributed by atoms with E-state index >= 15 is 0 Å². The van der Waals surface area contributed by atoms with Gasteiger partial charge in [0.25, 0.3) is 0 Å². The second-order valence-electron chi connectivity index (χ2n) is 4.40. The zero-order valence-electron chi connectivity index (χ0n) is 9.62. The van der Waals surface area contributed by atoms with Gasteiger partial charge in [-0.3, -0.25) is 0 Å². The SMILES string of the molecule is CC(C)(CCO)Nc1ccc(N)cc1C#N.